The van der Waals surface area contributed by atoms with Gasteiger partial charge in [0.2, 0.25) is 5.70 Å². The summed E-state index contributed by atoms with van der Waals surface area (Å²) in [5, 5.41) is 29.7. The summed E-state index contributed by atoms with van der Waals surface area (Å²) in [6.07, 6.45) is 0. The fraction of sp³-hybridized carbons (Fsp3) is 0. The van der Waals surface area contributed by atoms with Gasteiger partial charge in [0.15, 0.2) is 0 Å². The average molecular weight is 516 g/mol. The van der Waals surface area contributed by atoms with Gasteiger partial charge in [-0.3, -0.25) is 0 Å². The number of nitrogens with zero attached hydrogens (tertiary/aromatic N) is 6. The van der Waals surface area contributed by atoms with Crippen LogP contribution in [0.2, 0.25) is 0 Å². The van der Waals surface area contributed by atoms with Gasteiger partial charge in [-0.15, -0.1) is 0 Å². The summed E-state index contributed by atoms with van der Waals surface area (Å²) in [7, 11) is 0. The van der Waals surface area contributed by atoms with E-state index in [0.29, 0.717) is 11.1 Å². The van der Waals surface area contributed by atoms with Gasteiger partial charge in [0, 0.05) is 16.7 Å². The van der Waals surface area contributed by atoms with Crippen LogP contribution in [-0.4, -0.2) is 0 Å². The van der Waals surface area contributed by atoms with Crippen molar-refractivity contribution >= 4 is 22.4 Å². The number of halogens is 2. The molecule has 0 aromatic heterocycles. The number of hydrogen-bond donors (Lipinski definition) is 0. The molecule has 0 unspecified atom stereocenters. The summed E-state index contributed by atoms with van der Waals surface area (Å²) in [4.78, 5) is 9.84. The Morgan fingerprint density at radius 2 is 1.05 bits per heavy atom. The van der Waals surface area contributed by atoms with Gasteiger partial charge in [-0.25, -0.2) is 33.8 Å². The lowest BCUT2D eigenvalue weighted by molar-refractivity contribution is 0.681. The first-order chi connectivity index (χ1) is 19.5. The van der Waals surface area contributed by atoms with E-state index in [-0.39, 0.29) is 33.4 Å². The summed E-state index contributed by atoms with van der Waals surface area (Å²) in [5.74, 6) is -2.21. The fourth-order valence-electron chi connectivity index (χ4n) is 5.13. The zero-order valence-electron chi connectivity index (χ0n) is 20.2. The van der Waals surface area contributed by atoms with Gasteiger partial charge in [-0.1, -0.05) is 60.7 Å². The van der Waals surface area contributed by atoms with Crippen LogP contribution in [0, 0.1) is 53.7 Å². The van der Waals surface area contributed by atoms with Crippen LogP contribution in [0.1, 0.15) is 22.3 Å². The predicted octanol–water partition coefficient (Wildman–Crippen LogP) is 8.12. The molecule has 182 valence electrons. The molecule has 0 saturated heterocycles. The van der Waals surface area contributed by atoms with E-state index in [4.69, 9.17) is 19.7 Å². The third-order valence-electron chi connectivity index (χ3n) is 6.61. The summed E-state index contributed by atoms with van der Waals surface area (Å²) in [5.41, 5.74) is -2.18. The van der Waals surface area contributed by atoms with Gasteiger partial charge in [-0.2, -0.15) is 5.26 Å². The molecule has 0 saturated carbocycles. The lowest BCUT2D eigenvalue weighted by atomic mass is 9.79. The molecule has 2 aliphatic carbocycles. The Morgan fingerprint density at radius 3 is 1.48 bits per heavy atom. The fourth-order valence-corrected chi connectivity index (χ4v) is 5.13. The van der Waals surface area contributed by atoms with E-state index in [1.165, 1.54) is 0 Å². The van der Waals surface area contributed by atoms with Crippen LogP contribution in [0.15, 0.2) is 83.7 Å². The van der Waals surface area contributed by atoms with E-state index in [1.54, 1.807) is 72.8 Å². The molecule has 5 rings (SSSR count). The van der Waals surface area contributed by atoms with Crippen molar-refractivity contribution in [2.45, 2.75) is 0 Å². The summed E-state index contributed by atoms with van der Waals surface area (Å²) in [6.45, 7) is 23.0. The van der Waals surface area contributed by atoms with Crippen molar-refractivity contribution in [2.24, 2.45) is 0 Å². The van der Waals surface area contributed by atoms with Crippen molar-refractivity contribution in [3.05, 3.63) is 140 Å². The Morgan fingerprint density at radius 1 is 0.600 bits per heavy atom. The standard InChI is InChI=1S/C32H10F2N6/c1-38-20(15-36)25-27-23(18-12-8-5-9-13-18)29-28(26(21(16-37)39-2)31(34)32(29)40-3)22(17-10-6-4-7-11-17)24(27)19(14-35)30(25)33/h4-13H/b25-20+,26-21-. The molecule has 6 nitrogen and oxygen atoms in total. The molecule has 0 spiro atoms. The van der Waals surface area contributed by atoms with Crippen LogP contribution in [0.4, 0.5) is 8.78 Å². The molecule has 2 aliphatic rings. The quantitative estimate of drug-likeness (QED) is 0.255. The molecule has 0 bridgehead atoms. The Kier molecular flexibility index (Phi) is 6.09. The minimum Gasteiger partial charge on any atom is -0.234 e. The number of hydrogen-bond acceptors (Lipinski definition) is 3. The van der Waals surface area contributed by atoms with Crippen LogP contribution < -0.4 is 0 Å². The van der Waals surface area contributed by atoms with Gasteiger partial charge in [0.05, 0.1) is 37.4 Å². The molecule has 0 N–H and O–H groups in total. The average Bonchev–Trinajstić information content (AvgIpc) is 3.44. The van der Waals surface area contributed by atoms with Crippen molar-refractivity contribution < 1.29 is 8.78 Å². The van der Waals surface area contributed by atoms with Gasteiger partial charge < -0.3 is 0 Å². The van der Waals surface area contributed by atoms with E-state index < -0.39 is 45.5 Å². The third kappa shape index (κ3) is 3.33. The second kappa shape index (κ2) is 9.71. The number of rotatable bonds is 2. The Balaban J connectivity index is 2.23. The summed E-state index contributed by atoms with van der Waals surface area (Å²) < 4.78 is 32.3. The van der Waals surface area contributed by atoms with Crippen molar-refractivity contribution in [1.29, 1.82) is 15.8 Å². The van der Waals surface area contributed by atoms with E-state index in [0.717, 1.165) is 0 Å². The molecule has 8 heteroatoms. The van der Waals surface area contributed by atoms with Crippen LogP contribution in [0.3, 0.4) is 0 Å². The number of nitriles is 3. The van der Waals surface area contributed by atoms with E-state index in [1.807, 2.05) is 6.07 Å². The Labute approximate surface area is 227 Å². The molecule has 3 aromatic rings. The maximum Gasteiger partial charge on any atom is 0.272 e. The van der Waals surface area contributed by atoms with Crippen molar-refractivity contribution in [2.75, 3.05) is 0 Å². The van der Waals surface area contributed by atoms with Crippen LogP contribution in [0.5, 0.6) is 0 Å². The number of allylic oxidation sites excluding steroid dienone is 7. The molecule has 0 fully saturated rings. The second-order valence-corrected chi connectivity index (χ2v) is 8.45. The van der Waals surface area contributed by atoms with Crippen LogP contribution >= 0.6 is 0 Å². The van der Waals surface area contributed by atoms with Gasteiger partial charge >= 0.3 is 0 Å². The first-order valence-corrected chi connectivity index (χ1v) is 11.5. The Bertz CT molecular complexity index is 1870. The molecule has 3 aromatic carbocycles. The highest BCUT2D eigenvalue weighted by atomic mass is 19.1. The minimum absolute atomic E-state index is 0.0111. The lowest BCUT2D eigenvalue weighted by Gasteiger charge is -2.23. The highest BCUT2D eigenvalue weighted by molar-refractivity contribution is 6.19. The zero-order valence-corrected chi connectivity index (χ0v) is 20.2. The van der Waals surface area contributed by atoms with E-state index in [9.17, 15) is 15.8 Å². The lowest BCUT2D eigenvalue weighted by Crippen LogP contribution is -2.03. The minimum atomic E-state index is -1.10. The highest BCUT2D eigenvalue weighted by Gasteiger charge is 2.43. The number of fused-ring (bicyclic) bond motifs is 2. The first kappa shape index (κ1) is 25.1. The molecular formula is C32H10F2N6. The van der Waals surface area contributed by atoms with Crippen LogP contribution in [0.25, 0.3) is 59.2 Å². The largest absolute Gasteiger partial charge is 0.272 e. The summed E-state index contributed by atoms with van der Waals surface area (Å²) in [6, 6.07) is 21.8. The molecule has 0 atom stereocenters. The molecule has 0 radical (unpaired) electrons. The van der Waals surface area contributed by atoms with Crippen LogP contribution in [-0.2, 0) is 0 Å². The van der Waals surface area contributed by atoms with Gasteiger partial charge in [0.25, 0.3) is 11.4 Å². The number of benzene rings is 3. The van der Waals surface area contributed by atoms with Crippen molar-refractivity contribution in [3.8, 4) is 40.5 Å². The second-order valence-electron chi connectivity index (χ2n) is 8.45. The molecule has 0 heterocycles. The zero-order chi connectivity index (χ0) is 28.6. The van der Waals surface area contributed by atoms with E-state index in [2.05, 4.69) is 14.5 Å². The monoisotopic (exact) mass is 516 g/mol. The first-order valence-electron chi connectivity index (χ1n) is 11.5. The SMILES string of the molecule is [C-]#[N+]C1=C(F)/C(=C(/C#N)[N+]#[C-])c2c1c(-c1ccccc1)c1c(c2-c2ccccc2)C(C#N)=C(F)/C1=C(\C#N)[N+]#[C-]. The normalized spacial score (nSPS) is 15.5. The highest BCUT2D eigenvalue weighted by Crippen LogP contribution is 2.60. The topological polar surface area (TPSA) is 84.5 Å². The van der Waals surface area contributed by atoms with Gasteiger partial charge in [0.1, 0.15) is 17.7 Å². The smallest absolute Gasteiger partial charge is 0.234 e. The molecule has 40 heavy (non-hydrogen) atoms. The third-order valence-corrected chi connectivity index (χ3v) is 6.61. The van der Waals surface area contributed by atoms with Gasteiger partial charge in [-0.05, 0) is 38.9 Å². The van der Waals surface area contributed by atoms with E-state index >= 15 is 8.78 Å². The molecule has 0 amide bonds. The summed E-state index contributed by atoms with van der Waals surface area (Å²) >= 11 is 0. The van der Waals surface area contributed by atoms with Crippen molar-refractivity contribution in [3.63, 3.8) is 0 Å². The predicted molar refractivity (Wildman–Crippen MR) is 144 cm³/mol. The molecular weight excluding hydrogens is 506 g/mol. The molecule has 0 aliphatic heterocycles. The maximum absolute atomic E-state index is 16.1. The van der Waals surface area contributed by atoms with Crippen molar-refractivity contribution in [1.82, 2.24) is 0 Å². The maximum atomic E-state index is 16.1. The Hall–Kier alpha value is -6.58.